The van der Waals surface area contributed by atoms with Gasteiger partial charge in [-0.15, -0.1) is 0 Å². The lowest BCUT2D eigenvalue weighted by molar-refractivity contribution is -0.138. The van der Waals surface area contributed by atoms with E-state index < -0.39 is 11.7 Å². The average Bonchev–Trinajstić information content (AvgIpc) is 2.33. The van der Waals surface area contributed by atoms with Crippen LogP contribution in [0.1, 0.15) is 16.7 Å². The van der Waals surface area contributed by atoms with Crippen LogP contribution in [0.2, 0.25) is 0 Å². The smallest absolute Gasteiger partial charge is 0.399 e. The van der Waals surface area contributed by atoms with Gasteiger partial charge in [0.2, 0.25) is 0 Å². The van der Waals surface area contributed by atoms with Crippen molar-refractivity contribution in [3.8, 4) is 0 Å². The van der Waals surface area contributed by atoms with E-state index >= 15 is 0 Å². The van der Waals surface area contributed by atoms with E-state index in [0.29, 0.717) is 11.4 Å². The highest BCUT2D eigenvalue weighted by atomic mass is 19.4. The summed E-state index contributed by atoms with van der Waals surface area (Å²) in [5.41, 5.74) is 7.85. The summed E-state index contributed by atoms with van der Waals surface area (Å²) in [7, 11) is 0. The molecule has 0 amide bonds. The Bertz CT molecular complexity index is 634. The van der Waals surface area contributed by atoms with E-state index in [2.05, 4.69) is 5.32 Å². The molecule has 0 aliphatic carbocycles. The second-order valence-electron chi connectivity index (χ2n) is 4.73. The molecule has 0 saturated heterocycles. The van der Waals surface area contributed by atoms with E-state index in [0.717, 1.165) is 17.3 Å². The highest BCUT2D eigenvalue weighted by Crippen LogP contribution is 2.34. The molecule has 2 aromatic rings. The second kappa shape index (κ2) is 5.07. The number of anilines is 3. The van der Waals surface area contributed by atoms with Gasteiger partial charge in [0.15, 0.2) is 0 Å². The summed E-state index contributed by atoms with van der Waals surface area (Å²) in [4.78, 5) is 0. The van der Waals surface area contributed by atoms with Crippen molar-refractivity contribution in [1.82, 2.24) is 0 Å². The first-order chi connectivity index (χ1) is 9.27. The number of nitrogens with two attached hydrogens (primary N) is 1. The van der Waals surface area contributed by atoms with Gasteiger partial charge in [-0.1, -0.05) is 6.07 Å². The van der Waals surface area contributed by atoms with Gasteiger partial charge in [-0.2, -0.15) is 13.2 Å². The zero-order valence-electron chi connectivity index (χ0n) is 11.2. The van der Waals surface area contributed by atoms with E-state index in [1.165, 1.54) is 13.0 Å². The molecule has 0 aliphatic heterocycles. The number of hydrogen-bond donors (Lipinski definition) is 2. The third kappa shape index (κ3) is 3.04. The number of halogens is 3. The fraction of sp³-hybridized carbons (Fsp3) is 0.200. The lowest BCUT2D eigenvalue weighted by atomic mass is 10.1. The summed E-state index contributed by atoms with van der Waals surface area (Å²) in [5.74, 6) is 0. The van der Waals surface area contributed by atoms with E-state index in [9.17, 15) is 13.2 Å². The van der Waals surface area contributed by atoms with E-state index in [1.807, 2.05) is 6.92 Å². The van der Waals surface area contributed by atoms with Gasteiger partial charge < -0.3 is 11.1 Å². The molecular formula is C15H15F3N2. The SMILES string of the molecule is Cc1cc(N)ccc1Nc1ccc(C)c(C(F)(F)F)c1. The highest BCUT2D eigenvalue weighted by Gasteiger charge is 2.32. The third-order valence-electron chi connectivity index (χ3n) is 3.07. The molecule has 2 nitrogen and oxygen atoms in total. The lowest BCUT2D eigenvalue weighted by Gasteiger charge is -2.14. The fourth-order valence-corrected chi connectivity index (χ4v) is 1.99. The Kier molecular flexibility index (Phi) is 3.61. The quantitative estimate of drug-likeness (QED) is 0.786. The van der Waals surface area contributed by atoms with Gasteiger partial charge in [0.1, 0.15) is 0 Å². The van der Waals surface area contributed by atoms with Crippen LogP contribution in [0.5, 0.6) is 0 Å². The first-order valence-electron chi connectivity index (χ1n) is 6.08. The number of nitrogen functional groups attached to an aromatic ring is 1. The highest BCUT2D eigenvalue weighted by molar-refractivity contribution is 5.66. The van der Waals surface area contributed by atoms with Gasteiger partial charge in [0, 0.05) is 17.1 Å². The zero-order valence-corrected chi connectivity index (χ0v) is 11.2. The summed E-state index contributed by atoms with van der Waals surface area (Å²) in [6.07, 6.45) is -4.35. The number of alkyl halides is 3. The Morgan fingerprint density at radius 1 is 0.950 bits per heavy atom. The minimum absolute atomic E-state index is 0.206. The maximum atomic E-state index is 12.9. The molecule has 0 aromatic heterocycles. The van der Waals surface area contributed by atoms with Crippen molar-refractivity contribution in [1.29, 1.82) is 0 Å². The average molecular weight is 280 g/mol. The van der Waals surface area contributed by atoms with Crippen molar-refractivity contribution in [3.05, 3.63) is 53.1 Å². The molecule has 0 saturated carbocycles. The predicted octanol–water partition coefficient (Wildman–Crippen LogP) is 4.65. The summed E-state index contributed by atoms with van der Waals surface area (Å²) >= 11 is 0. The fourth-order valence-electron chi connectivity index (χ4n) is 1.99. The molecule has 0 bridgehead atoms. The molecule has 2 rings (SSSR count). The second-order valence-corrected chi connectivity index (χ2v) is 4.73. The summed E-state index contributed by atoms with van der Waals surface area (Å²) in [6.45, 7) is 3.29. The van der Waals surface area contributed by atoms with Crippen LogP contribution < -0.4 is 11.1 Å². The molecule has 0 aliphatic rings. The molecule has 20 heavy (non-hydrogen) atoms. The van der Waals surface area contributed by atoms with Crippen LogP contribution in [0, 0.1) is 13.8 Å². The molecule has 0 atom stereocenters. The van der Waals surface area contributed by atoms with Gasteiger partial charge >= 0.3 is 6.18 Å². The molecule has 2 aromatic carbocycles. The molecule has 0 radical (unpaired) electrons. The molecule has 0 fully saturated rings. The van der Waals surface area contributed by atoms with E-state index in [4.69, 9.17) is 5.73 Å². The maximum Gasteiger partial charge on any atom is 0.416 e. The molecule has 5 heteroatoms. The number of nitrogens with one attached hydrogen (secondary N) is 1. The largest absolute Gasteiger partial charge is 0.416 e. The summed E-state index contributed by atoms with van der Waals surface area (Å²) < 4.78 is 38.6. The molecule has 106 valence electrons. The standard InChI is InChI=1S/C15H15F3N2/c1-9-3-5-12(8-13(9)15(16,17)18)20-14-6-4-11(19)7-10(14)2/h3-8,20H,19H2,1-2H3. The Morgan fingerprint density at radius 2 is 1.65 bits per heavy atom. The van der Waals surface area contributed by atoms with Crippen molar-refractivity contribution in [2.75, 3.05) is 11.1 Å². The third-order valence-corrected chi connectivity index (χ3v) is 3.07. The van der Waals surface area contributed by atoms with Crippen LogP contribution in [0.3, 0.4) is 0 Å². The lowest BCUT2D eigenvalue weighted by Crippen LogP contribution is -2.08. The van der Waals surface area contributed by atoms with Crippen LogP contribution in [-0.2, 0) is 6.18 Å². The topological polar surface area (TPSA) is 38.0 Å². The normalized spacial score (nSPS) is 11.4. The Labute approximate surface area is 115 Å². The van der Waals surface area contributed by atoms with Crippen molar-refractivity contribution in [2.24, 2.45) is 0 Å². The van der Waals surface area contributed by atoms with Crippen molar-refractivity contribution in [3.63, 3.8) is 0 Å². The van der Waals surface area contributed by atoms with Gasteiger partial charge in [0.05, 0.1) is 5.56 Å². The maximum absolute atomic E-state index is 12.9. The summed E-state index contributed by atoms with van der Waals surface area (Å²) in [5, 5.41) is 2.98. The first-order valence-corrected chi connectivity index (χ1v) is 6.08. The van der Waals surface area contributed by atoms with Crippen molar-refractivity contribution in [2.45, 2.75) is 20.0 Å². The van der Waals surface area contributed by atoms with Crippen LogP contribution in [-0.4, -0.2) is 0 Å². The molecule has 0 heterocycles. The minimum Gasteiger partial charge on any atom is -0.399 e. The predicted molar refractivity (Wildman–Crippen MR) is 75.1 cm³/mol. The zero-order chi connectivity index (χ0) is 14.9. The van der Waals surface area contributed by atoms with Crippen LogP contribution >= 0.6 is 0 Å². The monoisotopic (exact) mass is 280 g/mol. The minimum atomic E-state index is -4.35. The Morgan fingerprint density at radius 3 is 2.25 bits per heavy atom. The van der Waals surface area contributed by atoms with Gasteiger partial charge in [0.25, 0.3) is 0 Å². The van der Waals surface area contributed by atoms with Crippen molar-refractivity contribution < 1.29 is 13.2 Å². The van der Waals surface area contributed by atoms with Gasteiger partial charge in [-0.05, 0) is 55.3 Å². The van der Waals surface area contributed by atoms with Crippen LogP contribution in [0.15, 0.2) is 36.4 Å². The van der Waals surface area contributed by atoms with Crippen LogP contribution in [0.25, 0.3) is 0 Å². The molecule has 0 spiro atoms. The number of rotatable bonds is 2. The first kappa shape index (κ1) is 14.2. The number of benzene rings is 2. The molecule has 3 N–H and O–H groups in total. The van der Waals surface area contributed by atoms with Gasteiger partial charge in [-0.3, -0.25) is 0 Å². The van der Waals surface area contributed by atoms with Gasteiger partial charge in [-0.25, -0.2) is 0 Å². The van der Waals surface area contributed by atoms with E-state index in [-0.39, 0.29) is 5.56 Å². The van der Waals surface area contributed by atoms with E-state index in [1.54, 1.807) is 24.3 Å². The Hall–Kier alpha value is -2.17. The summed E-state index contributed by atoms with van der Waals surface area (Å²) in [6, 6.07) is 9.41. The number of hydrogen-bond acceptors (Lipinski definition) is 2. The van der Waals surface area contributed by atoms with Crippen LogP contribution in [0.4, 0.5) is 30.2 Å². The molecular weight excluding hydrogens is 265 g/mol. The molecule has 0 unspecified atom stereocenters. The Balaban J connectivity index is 2.35. The number of aryl methyl sites for hydroxylation is 2. The van der Waals surface area contributed by atoms with Crippen molar-refractivity contribution >= 4 is 17.1 Å².